The number of nitriles is 1. The van der Waals surface area contributed by atoms with Crippen LogP contribution < -0.4 is 19.9 Å². The standard InChI is InChI=1S/C45H48ClN7O6/c46-38-24-35(7-3-31(38)25-47)59-34-13-19-52(20-14-34)42(56)30-1-4-32(5-2-30)51-21-15-45(16-22-51)27-49(28-45)26-29-11-17-50(18-12-29)33-6-8-36-37(23-33)44(58)53(43(36)57)39-9-10-40(54)48-41(39)55/h1-8,23-24,29,34,39H,9-22,26-28H2,(H,48,54,55). The van der Waals surface area contributed by atoms with Crippen LogP contribution in [0.4, 0.5) is 11.4 Å². The molecular weight excluding hydrogens is 770 g/mol. The smallest absolute Gasteiger partial charge is 0.262 e. The molecule has 5 amide bonds. The van der Waals surface area contributed by atoms with Crippen molar-refractivity contribution in [3.63, 3.8) is 0 Å². The molecule has 3 aromatic rings. The van der Waals surface area contributed by atoms with E-state index in [2.05, 4.69) is 38.2 Å². The van der Waals surface area contributed by atoms with Crippen molar-refractivity contribution in [3.05, 3.63) is 87.9 Å². The highest BCUT2D eigenvalue weighted by atomic mass is 35.5. The molecule has 0 aliphatic carbocycles. The molecule has 3 aromatic carbocycles. The Labute approximate surface area is 348 Å². The molecule has 59 heavy (non-hydrogen) atoms. The number of nitrogens with zero attached hydrogens (tertiary/aromatic N) is 6. The van der Waals surface area contributed by atoms with Crippen LogP contribution in [-0.2, 0) is 9.59 Å². The number of amides is 5. The first-order valence-electron chi connectivity index (χ1n) is 20.9. The van der Waals surface area contributed by atoms with Crippen LogP contribution in [0.15, 0.2) is 60.7 Å². The van der Waals surface area contributed by atoms with Gasteiger partial charge in [-0.25, -0.2) is 0 Å². The lowest BCUT2D eigenvalue weighted by Crippen LogP contribution is -2.61. The molecule has 0 radical (unpaired) electrons. The van der Waals surface area contributed by atoms with Gasteiger partial charge in [0.15, 0.2) is 0 Å². The first-order chi connectivity index (χ1) is 28.6. The van der Waals surface area contributed by atoms with Gasteiger partial charge in [0.1, 0.15) is 24.0 Å². The van der Waals surface area contributed by atoms with Gasteiger partial charge in [0, 0.05) is 101 Å². The number of hydrogen-bond donors (Lipinski definition) is 1. The molecule has 6 aliphatic rings. The molecule has 306 valence electrons. The van der Waals surface area contributed by atoms with E-state index in [-0.39, 0.29) is 30.8 Å². The molecular formula is C45H48ClN7O6. The summed E-state index contributed by atoms with van der Waals surface area (Å²) in [7, 11) is 0. The number of rotatable bonds is 8. The Kier molecular flexibility index (Phi) is 10.6. The Morgan fingerprint density at radius 1 is 0.797 bits per heavy atom. The van der Waals surface area contributed by atoms with Gasteiger partial charge >= 0.3 is 0 Å². The maximum absolute atomic E-state index is 13.4. The minimum atomic E-state index is -0.962. The molecule has 1 atom stereocenters. The molecule has 5 fully saturated rings. The van der Waals surface area contributed by atoms with Crippen molar-refractivity contribution in [2.24, 2.45) is 11.3 Å². The van der Waals surface area contributed by atoms with Gasteiger partial charge in [-0.2, -0.15) is 5.26 Å². The molecule has 6 aliphatic heterocycles. The third-order valence-electron chi connectivity index (χ3n) is 13.4. The highest BCUT2D eigenvalue weighted by Crippen LogP contribution is 2.42. The second-order valence-electron chi connectivity index (χ2n) is 17.2. The van der Waals surface area contributed by atoms with Gasteiger partial charge in [0.2, 0.25) is 11.8 Å². The zero-order valence-corrected chi connectivity index (χ0v) is 33.8. The Hall–Kier alpha value is -5.45. The second kappa shape index (κ2) is 16.0. The summed E-state index contributed by atoms with van der Waals surface area (Å²) in [6, 6.07) is 19.7. The fourth-order valence-corrected chi connectivity index (χ4v) is 10.2. The first kappa shape index (κ1) is 39.0. The van der Waals surface area contributed by atoms with Crippen LogP contribution in [0.3, 0.4) is 0 Å². The lowest BCUT2D eigenvalue weighted by molar-refractivity contribution is -0.136. The summed E-state index contributed by atoms with van der Waals surface area (Å²) < 4.78 is 6.10. The van der Waals surface area contributed by atoms with Crippen molar-refractivity contribution < 1.29 is 28.7 Å². The molecule has 9 rings (SSSR count). The minimum Gasteiger partial charge on any atom is -0.490 e. The normalized spacial score (nSPS) is 22.6. The van der Waals surface area contributed by atoms with Gasteiger partial charge in [-0.3, -0.25) is 34.2 Å². The molecule has 6 heterocycles. The average molecular weight is 818 g/mol. The topological polar surface area (TPSA) is 147 Å². The summed E-state index contributed by atoms with van der Waals surface area (Å²) in [5.74, 6) is -0.631. The van der Waals surface area contributed by atoms with Crippen LogP contribution >= 0.6 is 11.6 Å². The molecule has 1 N–H and O–H groups in total. The zero-order valence-electron chi connectivity index (χ0n) is 33.0. The third-order valence-corrected chi connectivity index (χ3v) is 13.7. The van der Waals surface area contributed by atoms with Gasteiger partial charge in [0.05, 0.1) is 21.7 Å². The van der Waals surface area contributed by atoms with E-state index in [1.165, 1.54) is 5.69 Å². The monoisotopic (exact) mass is 817 g/mol. The third kappa shape index (κ3) is 7.76. The van der Waals surface area contributed by atoms with Crippen LogP contribution in [0, 0.1) is 22.7 Å². The fraction of sp³-hybridized carbons (Fsp3) is 0.467. The molecule has 0 bridgehead atoms. The predicted octanol–water partition coefficient (Wildman–Crippen LogP) is 5.12. The van der Waals surface area contributed by atoms with E-state index in [1.54, 1.807) is 30.3 Å². The Bertz CT molecular complexity index is 2210. The first-order valence-corrected chi connectivity index (χ1v) is 21.3. The lowest BCUT2D eigenvalue weighted by Gasteiger charge is -2.55. The Morgan fingerprint density at radius 3 is 2.15 bits per heavy atom. The van der Waals surface area contributed by atoms with Crippen molar-refractivity contribution in [1.29, 1.82) is 5.26 Å². The van der Waals surface area contributed by atoms with Crippen molar-refractivity contribution in [2.45, 2.75) is 63.5 Å². The number of anilines is 2. The number of carbonyl (C=O) groups excluding carboxylic acids is 5. The Balaban J connectivity index is 0.696. The number of piperidine rings is 4. The maximum atomic E-state index is 13.4. The van der Waals surface area contributed by atoms with Gasteiger partial charge in [-0.15, -0.1) is 0 Å². The molecule has 13 nitrogen and oxygen atoms in total. The minimum absolute atomic E-state index is 0.00814. The molecule has 5 saturated heterocycles. The van der Waals surface area contributed by atoms with Gasteiger partial charge in [0.25, 0.3) is 17.7 Å². The summed E-state index contributed by atoms with van der Waals surface area (Å²) >= 11 is 6.17. The second-order valence-corrected chi connectivity index (χ2v) is 17.6. The number of ether oxygens (including phenoxy) is 1. The van der Waals surface area contributed by atoms with E-state index in [1.807, 2.05) is 23.1 Å². The van der Waals surface area contributed by atoms with Crippen molar-refractivity contribution in [1.82, 2.24) is 20.0 Å². The zero-order chi connectivity index (χ0) is 40.8. The highest BCUT2D eigenvalue weighted by molar-refractivity contribution is 6.31. The lowest BCUT2D eigenvalue weighted by atomic mass is 9.71. The molecule has 1 spiro atoms. The maximum Gasteiger partial charge on any atom is 0.262 e. The van der Waals surface area contributed by atoms with Crippen LogP contribution in [0.5, 0.6) is 5.75 Å². The molecule has 0 aromatic heterocycles. The van der Waals surface area contributed by atoms with Crippen LogP contribution in [0.1, 0.15) is 88.0 Å². The number of likely N-dealkylation sites (tertiary alicyclic amines) is 2. The van der Waals surface area contributed by atoms with Crippen LogP contribution in [0.2, 0.25) is 5.02 Å². The summed E-state index contributed by atoms with van der Waals surface area (Å²) in [4.78, 5) is 74.2. The number of benzene rings is 3. The summed E-state index contributed by atoms with van der Waals surface area (Å²) in [6.45, 7) is 8.41. The number of nitrogens with one attached hydrogen (secondary N) is 1. The average Bonchev–Trinajstić information content (AvgIpc) is 3.48. The Morgan fingerprint density at radius 2 is 1.47 bits per heavy atom. The SMILES string of the molecule is N#Cc1ccc(OC2CCN(C(=O)c3ccc(N4CCC5(CC4)CN(CC4CCN(c6ccc7c(c6)C(=O)N(C6CCC(=O)NC6=O)C7=O)CC4)C5)cc3)CC2)cc1Cl. The van der Waals surface area contributed by atoms with Crippen molar-refractivity contribution >= 4 is 52.5 Å². The molecule has 0 saturated carbocycles. The summed E-state index contributed by atoms with van der Waals surface area (Å²) in [5, 5.41) is 11.7. The van der Waals surface area contributed by atoms with Gasteiger partial charge in [-0.05, 0) is 98.0 Å². The highest BCUT2D eigenvalue weighted by Gasteiger charge is 2.46. The van der Waals surface area contributed by atoms with E-state index >= 15 is 0 Å². The number of fused-ring (bicyclic) bond motifs is 1. The largest absolute Gasteiger partial charge is 0.490 e. The summed E-state index contributed by atoms with van der Waals surface area (Å²) in [6.07, 6.45) is 6.14. The number of carbonyl (C=O) groups is 5. The van der Waals surface area contributed by atoms with E-state index in [9.17, 15) is 24.0 Å². The molecule has 14 heteroatoms. The number of imide groups is 2. The van der Waals surface area contributed by atoms with E-state index in [0.29, 0.717) is 57.4 Å². The molecule has 1 unspecified atom stereocenters. The van der Waals surface area contributed by atoms with Crippen LogP contribution in [-0.4, -0.2) is 115 Å². The van der Waals surface area contributed by atoms with Gasteiger partial charge < -0.3 is 24.3 Å². The van der Waals surface area contributed by atoms with Crippen LogP contribution in [0.25, 0.3) is 0 Å². The van der Waals surface area contributed by atoms with E-state index in [4.69, 9.17) is 21.6 Å². The van der Waals surface area contributed by atoms with E-state index in [0.717, 1.165) is 94.9 Å². The summed E-state index contributed by atoms with van der Waals surface area (Å²) in [5.41, 5.74) is 4.23. The predicted molar refractivity (Wildman–Crippen MR) is 221 cm³/mol. The van der Waals surface area contributed by atoms with Crippen molar-refractivity contribution in [3.8, 4) is 11.8 Å². The number of halogens is 1. The van der Waals surface area contributed by atoms with E-state index < -0.39 is 23.8 Å². The quantitative estimate of drug-likeness (QED) is 0.304. The van der Waals surface area contributed by atoms with Crippen molar-refractivity contribution in [2.75, 3.05) is 68.7 Å². The van der Waals surface area contributed by atoms with Gasteiger partial charge in [-0.1, -0.05) is 11.6 Å². The fourth-order valence-electron chi connectivity index (χ4n) is 10.0. The number of hydrogen-bond acceptors (Lipinski definition) is 10.